The first-order valence-corrected chi connectivity index (χ1v) is 9.61. The van der Waals surface area contributed by atoms with Crippen LogP contribution in [0.15, 0.2) is 85.2 Å². The fourth-order valence-electron chi connectivity index (χ4n) is 3.68. The van der Waals surface area contributed by atoms with Gasteiger partial charge >= 0.3 is 0 Å². The second-order valence-electron chi connectivity index (χ2n) is 6.93. The lowest BCUT2D eigenvalue weighted by atomic mass is 9.96. The van der Waals surface area contributed by atoms with Crippen molar-refractivity contribution in [1.82, 2.24) is 20.3 Å². The van der Waals surface area contributed by atoms with Gasteiger partial charge in [0.15, 0.2) is 0 Å². The summed E-state index contributed by atoms with van der Waals surface area (Å²) in [6.07, 6.45) is 3.26. The van der Waals surface area contributed by atoms with Gasteiger partial charge in [-0.1, -0.05) is 60.7 Å². The van der Waals surface area contributed by atoms with Crippen LogP contribution in [0.2, 0.25) is 0 Å². The Morgan fingerprint density at radius 2 is 1.43 bits per heavy atom. The number of rotatable bonds is 5. The Morgan fingerprint density at radius 1 is 0.821 bits per heavy atom. The first-order valence-electron chi connectivity index (χ1n) is 9.61. The van der Waals surface area contributed by atoms with E-state index in [1.807, 2.05) is 5.01 Å². The average molecular weight is 372 g/mol. The maximum atomic E-state index is 12.4. The molecule has 1 aliphatic rings. The summed E-state index contributed by atoms with van der Waals surface area (Å²) in [6.45, 7) is 3.31. The molecular formula is C23H24N4O. The number of pyridine rings is 1. The maximum Gasteiger partial charge on any atom is 0.267 e. The smallest absolute Gasteiger partial charge is 0.267 e. The topological polar surface area (TPSA) is 48.5 Å². The largest absolute Gasteiger partial charge is 0.290 e. The lowest BCUT2D eigenvalue weighted by molar-refractivity contribution is 0.0553. The quantitative estimate of drug-likeness (QED) is 0.748. The van der Waals surface area contributed by atoms with Crippen LogP contribution in [-0.2, 0) is 0 Å². The normalized spacial score (nSPS) is 15.5. The van der Waals surface area contributed by atoms with E-state index >= 15 is 0 Å². The highest BCUT2D eigenvalue weighted by Crippen LogP contribution is 2.29. The van der Waals surface area contributed by atoms with Crippen molar-refractivity contribution in [2.45, 2.75) is 6.04 Å². The fourth-order valence-corrected chi connectivity index (χ4v) is 3.68. The summed E-state index contributed by atoms with van der Waals surface area (Å²) in [5.41, 5.74) is 6.17. The molecule has 0 atom stereocenters. The number of aromatic nitrogens is 1. The molecular weight excluding hydrogens is 348 g/mol. The van der Waals surface area contributed by atoms with Crippen molar-refractivity contribution in [2.24, 2.45) is 0 Å². The van der Waals surface area contributed by atoms with E-state index in [1.54, 1.807) is 24.5 Å². The number of benzene rings is 2. The Balaban J connectivity index is 1.44. The van der Waals surface area contributed by atoms with Crippen LogP contribution >= 0.6 is 0 Å². The predicted octanol–water partition coefficient (Wildman–Crippen LogP) is 3.13. The molecule has 0 spiro atoms. The summed E-state index contributed by atoms with van der Waals surface area (Å²) >= 11 is 0. The highest BCUT2D eigenvalue weighted by atomic mass is 16.2. The number of hydrogen-bond acceptors (Lipinski definition) is 4. The Kier molecular flexibility index (Phi) is 5.75. The molecule has 0 aliphatic carbocycles. The van der Waals surface area contributed by atoms with Gasteiger partial charge in [-0.15, -0.1) is 0 Å². The third kappa shape index (κ3) is 4.27. The molecule has 1 amide bonds. The standard InChI is InChI=1S/C23H24N4O/c28-23(21-12-7-13-24-18-21)25-27-16-14-26(15-17-27)22(19-8-3-1-4-9-19)20-10-5-2-6-11-20/h1-13,18,22H,14-17H2,(H,25,28). The first-order chi connectivity index (χ1) is 13.8. The number of nitrogens with one attached hydrogen (secondary N) is 1. The van der Waals surface area contributed by atoms with Crippen molar-refractivity contribution in [2.75, 3.05) is 26.2 Å². The molecule has 4 rings (SSSR count). The van der Waals surface area contributed by atoms with Crippen molar-refractivity contribution >= 4 is 5.91 Å². The molecule has 5 heteroatoms. The predicted molar refractivity (Wildman–Crippen MR) is 110 cm³/mol. The number of carbonyl (C=O) groups is 1. The minimum absolute atomic E-state index is 0.107. The third-order valence-electron chi connectivity index (χ3n) is 5.09. The lowest BCUT2D eigenvalue weighted by Crippen LogP contribution is -2.54. The molecule has 1 saturated heterocycles. The molecule has 0 saturated carbocycles. The zero-order valence-electron chi connectivity index (χ0n) is 15.7. The number of amides is 1. The van der Waals surface area contributed by atoms with Gasteiger partial charge in [-0.3, -0.25) is 20.1 Å². The van der Waals surface area contributed by atoms with Crippen LogP contribution in [0.25, 0.3) is 0 Å². The van der Waals surface area contributed by atoms with Gasteiger partial charge in [-0.2, -0.15) is 0 Å². The van der Waals surface area contributed by atoms with Crippen LogP contribution in [0.3, 0.4) is 0 Å². The SMILES string of the molecule is O=C(NN1CCN(C(c2ccccc2)c2ccccc2)CC1)c1cccnc1. The second-order valence-corrected chi connectivity index (χ2v) is 6.93. The van der Waals surface area contributed by atoms with Crippen LogP contribution in [0.5, 0.6) is 0 Å². The van der Waals surface area contributed by atoms with Gasteiger partial charge in [0, 0.05) is 38.6 Å². The van der Waals surface area contributed by atoms with Gasteiger partial charge in [-0.25, -0.2) is 5.01 Å². The van der Waals surface area contributed by atoms with E-state index in [0.717, 1.165) is 26.2 Å². The molecule has 0 bridgehead atoms. The monoisotopic (exact) mass is 372 g/mol. The summed E-state index contributed by atoms with van der Waals surface area (Å²) in [5.74, 6) is -0.107. The van der Waals surface area contributed by atoms with E-state index in [2.05, 4.69) is 76.0 Å². The molecule has 0 radical (unpaired) electrons. The number of hydrogen-bond donors (Lipinski definition) is 1. The molecule has 142 valence electrons. The highest BCUT2D eigenvalue weighted by molar-refractivity contribution is 5.93. The van der Waals surface area contributed by atoms with Gasteiger partial charge in [0.2, 0.25) is 0 Å². The maximum absolute atomic E-state index is 12.4. The first kappa shape index (κ1) is 18.3. The van der Waals surface area contributed by atoms with Gasteiger partial charge in [0.05, 0.1) is 11.6 Å². The number of nitrogens with zero attached hydrogens (tertiary/aromatic N) is 3. The van der Waals surface area contributed by atoms with Crippen molar-refractivity contribution < 1.29 is 4.79 Å². The van der Waals surface area contributed by atoms with Gasteiger partial charge < -0.3 is 0 Å². The van der Waals surface area contributed by atoms with E-state index < -0.39 is 0 Å². The van der Waals surface area contributed by atoms with Crippen LogP contribution in [-0.4, -0.2) is 47.0 Å². The number of carbonyl (C=O) groups excluding carboxylic acids is 1. The molecule has 5 nitrogen and oxygen atoms in total. The van der Waals surface area contributed by atoms with Crippen LogP contribution in [0, 0.1) is 0 Å². The van der Waals surface area contributed by atoms with E-state index in [1.165, 1.54) is 11.1 Å². The van der Waals surface area contributed by atoms with Gasteiger partial charge in [0.25, 0.3) is 5.91 Å². The van der Waals surface area contributed by atoms with E-state index in [4.69, 9.17) is 0 Å². The number of hydrazine groups is 1. The fraction of sp³-hybridized carbons (Fsp3) is 0.217. The summed E-state index contributed by atoms with van der Waals surface area (Å²) in [6, 6.07) is 25.0. The van der Waals surface area contributed by atoms with Crippen molar-refractivity contribution in [3.8, 4) is 0 Å². The van der Waals surface area contributed by atoms with Crippen molar-refractivity contribution in [3.63, 3.8) is 0 Å². The Labute approximate surface area is 165 Å². The highest BCUT2D eigenvalue weighted by Gasteiger charge is 2.27. The van der Waals surface area contributed by atoms with Crippen molar-refractivity contribution in [1.29, 1.82) is 0 Å². The molecule has 3 aromatic rings. The third-order valence-corrected chi connectivity index (χ3v) is 5.09. The van der Waals surface area contributed by atoms with E-state index in [9.17, 15) is 4.79 Å². The lowest BCUT2D eigenvalue weighted by Gasteiger charge is -2.39. The molecule has 0 unspecified atom stereocenters. The Morgan fingerprint density at radius 3 is 1.96 bits per heavy atom. The molecule has 28 heavy (non-hydrogen) atoms. The Bertz CT molecular complexity index is 839. The van der Waals surface area contributed by atoms with Crippen LogP contribution in [0.1, 0.15) is 27.5 Å². The van der Waals surface area contributed by atoms with E-state index in [-0.39, 0.29) is 11.9 Å². The van der Waals surface area contributed by atoms with E-state index in [0.29, 0.717) is 5.56 Å². The van der Waals surface area contributed by atoms with Crippen LogP contribution < -0.4 is 5.43 Å². The summed E-state index contributed by atoms with van der Waals surface area (Å²) in [5, 5.41) is 2.00. The molecule has 1 fully saturated rings. The van der Waals surface area contributed by atoms with Gasteiger partial charge in [0.1, 0.15) is 0 Å². The minimum atomic E-state index is -0.107. The van der Waals surface area contributed by atoms with Crippen molar-refractivity contribution in [3.05, 3.63) is 102 Å². The van der Waals surface area contributed by atoms with Crippen LogP contribution in [0.4, 0.5) is 0 Å². The summed E-state index contributed by atoms with van der Waals surface area (Å²) in [4.78, 5) is 18.9. The zero-order valence-corrected chi connectivity index (χ0v) is 15.7. The Hall–Kier alpha value is -3.02. The molecule has 1 N–H and O–H groups in total. The molecule has 2 aromatic carbocycles. The second kappa shape index (κ2) is 8.78. The zero-order chi connectivity index (χ0) is 19.2. The molecule has 1 aromatic heterocycles. The molecule has 2 heterocycles. The average Bonchev–Trinajstić information content (AvgIpc) is 2.77. The van der Waals surface area contributed by atoms with Gasteiger partial charge in [-0.05, 0) is 23.3 Å². The summed E-state index contributed by atoms with van der Waals surface area (Å²) < 4.78 is 0. The minimum Gasteiger partial charge on any atom is -0.290 e. The summed E-state index contributed by atoms with van der Waals surface area (Å²) in [7, 11) is 0. The molecule has 1 aliphatic heterocycles. The number of piperazine rings is 1.